The molecule has 0 nitrogen and oxygen atoms in total. The first-order valence-electron chi connectivity index (χ1n) is 7.34. The first kappa shape index (κ1) is 11.2. The van der Waals surface area contributed by atoms with Crippen LogP contribution in [-0.2, 0) is 0 Å². The van der Waals surface area contributed by atoms with Gasteiger partial charge in [-0.3, -0.25) is 0 Å². The van der Waals surface area contributed by atoms with Crippen molar-refractivity contribution in [1.29, 1.82) is 0 Å². The van der Waals surface area contributed by atoms with Crippen molar-refractivity contribution < 1.29 is 0 Å². The molecule has 4 rings (SSSR count). The van der Waals surface area contributed by atoms with E-state index in [-0.39, 0.29) is 0 Å². The van der Waals surface area contributed by atoms with Crippen molar-refractivity contribution >= 4 is 11.8 Å². The van der Waals surface area contributed by atoms with Gasteiger partial charge in [0.25, 0.3) is 0 Å². The number of rotatable bonds is 0. The molecule has 4 aliphatic rings. The highest BCUT2D eigenvalue weighted by Crippen LogP contribution is 2.48. The Balaban J connectivity index is 1.70. The maximum absolute atomic E-state index is 2.56. The lowest BCUT2D eigenvalue weighted by atomic mass is 9.75. The molecule has 3 atom stereocenters. The highest BCUT2D eigenvalue weighted by atomic mass is 32.2. The maximum Gasteiger partial charge on any atom is 0.0338 e. The standard InChI is InChI=1S/C17H20S/c1-2-6-13-11-17-15(9-12(13)5-1)10-14-7-3-4-8-16(14)18-17/h3-4,7,9-10,13,16-17H,1-2,5-6,8,11H2. The summed E-state index contributed by atoms with van der Waals surface area (Å²) in [7, 11) is 0. The van der Waals surface area contributed by atoms with Crippen LogP contribution < -0.4 is 0 Å². The topological polar surface area (TPSA) is 0 Å². The van der Waals surface area contributed by atoms with Crippen molar-refractivity contribution in [3.63, 3.8) is 0 Å². The third-order valence-corrected chi connectivity index (χ3v) is 6.41. The van der Waals surface area contributed by atoms with E-state index in [9.17, 15) is 0 Å². The highest BCUT2D eigenvalue weighted by Gasteiger charge is 2.34. The van der Waals surface area contributed by atoms with Gasteiger partial charge in [0, 0.05) is 10.5 Å². The molecule has 0 amide bonds. The fourth-order valence-corrected chi connectivity index (χ4v) is 5.39. The Bertz CT molecular complexity index is 478. The van der Waals surface area contributed by atoms with E-state index < -0.39 is 0 Å². The summed E-state index contributed by atoms with van der Waals surface area (Å²) < 4.78 is 0. The van der Waals surface area contributed by atoms with Gasteiger partial charge in [-0.1, -0.05) is 42.4 Å². The fraction of sp³-hybridized carbons (Fsp3) is 0.529. The van der Waals surface area contributed by atoms with Crippen LogP contribution in [0.5, 0.6) is 0 Å². The Morgan fingerprint density at radius 3 is 3.06 bits per heavy atom. The van der Waals surface area contributed by atoms with E-state index in [1.807, 2.05) is 0 Å². The third-order valence-electron chi connectivity index (χ3n) is 4.82. The van der Waals surface area contributed by atoms with E-state index in [2.05, 4.69) is 42.1 Å². The molecule has 0 bridgehead atoms. The first-order chi connectivity index (χ1) is 8.90. The van der Waals surface area contributed by atoms with Crippen LogP contribution >= 0.6 is 11.8 Å². The van der Waals surface area contributed by atoms with Crippen LogP contribution in [0.4, 0.5) is 0 Å². The summed E-state index contributed by atoms with van der Waals surface area (Å²) in [6.45, 7) is 0. The van der Waals surface area contributed by atoms with Gasteiger partial charge in [-0.25, -0.2) is 0 Å². The molecule has 94 valence electrons. The monoisotopic (exact) mass is 256 g/mol. The molecule has 18 heavy (non-hydrogen) atoms. The summed E-state index contributed by atoms with van der Waals surface area (Å²) in [6.07, 6.45) is 20.2. The Kier molecular flexibility index (Phi) is 2.76. The lowest BCUT2D eigenvalue weighted by molar-refractivity contribution is 0.421. The zero-order valence-corrected chi connectivity index (χ0v) is 11.6. The molecule has 0 spiro atoms. The van der Waals surface area contributed by atoms with Gasteiger partial charge in [-0.2, -0.15) is 0 Å². The second kappa shape index (κ2) is 4.45. The Morgan fingerprint density at radius 1 is 1.06 bits per heavy atom. The Labute approximate surface area is 114 Å². The maximum atomic E-state index is 2.56. The number of allylic oxidation sites excluding steroid dienone is 6. The summed E-state index contributed by atoms with van der Waals surface area (Å²) in [5.41, 5.74) is 4.93. The number of fused-ring (bicyclic) bond motifs is 3. The molecule has 1 heterocycles. The molecular weight excluding hydrogens is 236 g/mol. The van der Waals surface area contributed by atoms with E-state index in [0.717, 1.165) is 16.4 Å². The summed E-state index contributed by atoms with van der Waals surface area (Å²) in [4.78, 5) is 0. The molecule has 0 aromatic heterocycles. The molecule has 1 aliphatic heterocycles. The molecule has 1 heteroatoms. The second-order valence-corrected chi connectivity index (χ2v) is 7.40. The van der Waals surface area contributed by atoms with Crippen LogP contribution in [0, 0.1) is 5.92 Å². The summed E-state index contributed by atoms with van der Waals surface area (Å²) >= 11 is 2.22. The average Bonchev–Trinajstić information content (AvgIpc) is 2.42. The Hall–Kier alpha value is -0.690. The third kappa shape index (κ3) is 1.84. The quantitative estimate of drug-likeness (QED) is 0.599. The van der Waals surface area contributed by atoms with Crippen molar-refractivity contribution in [2.45, 2.75) is 49.0 Å². The first-order valence-corrected chi connectivity index (χ1v) is 8.29. The van der Waals surface area contributed by atoms with Gasteiger partial charge in [0.1, 0.15) is 0 Å². The van der Waals surface area contributed by atoms with Gasteiger partial charge in [0.05, 0.1) is 0 Å². The van der Waals surface area contributed by atoms with E-state index >= 15 is 0 Å². The van der Waals surface area contributed by atoms with Gasteiger partial charge < -0.3 is 0 Å². The van der Waals surface area contributed by atoms with Crippen molar-refractivity contribution in [3.05, 3.63) is 47.1 Å². The predicted molar refractivity (Wildman–Crippen MR) is 79.7 cm³/mol. The van der Waals surface area contributed by atoms with Gasteiger partial charge >= 0.3 is 0 Å². The second-order valence-electron chi connectivity index (χ2n) is 5.99. The predicted octanol–water partition coefficient (Wildman–Crippen LogP) is 4.80. The molecule has 3 unspecified atom stereocenters. The molecule has 0 saturated heterocycles. The summed E-state index contributed by atoms with van der Waals surface area (Å²) in [6, 6.07) is 0. The van der Waals surface area contributed by atoms with Gasteiger partial charge in [-0.15, -0.1) is 11.8 Å². The van der Waals surface area contributed by atoms with Crippen LogP contribution in [0.1, 0.15) is 38.5 Å². The van der Waals surface area contributed by atoms with Crippen LogP contribution in [0.3, 0.4) is 0 Å². The lowest BCUT2D eigenvalue weighted by Gasteiger charge is -2.39. The largest absolute Gasteiger partial charge is 0.145 e. The zero-order chi connectivity index (χ0) is 11.9. The SMILES string of the molecule is C1=CCC2SC3CC4CCCCC4=CC3=CC2=C1. The molecule has 0 N–H and O–H groups in total. The molecule has 3 aliphatic carbocycles. The van der Waals surface area contributed by atoms with Crippen LogP contribution in [0.25, 0.3) is 0 Å². The molecule has 0 aromatic rings. The van der Waals surface area contributed by atoms with E-state index in [1.165, 1.54) is 38.5 Å². The lowest BCUT2D eigenvalue weighted by Crippen LogP contribution is -2.28. The van der Waals surface area contributed by atoms with Crippen molar-refractivity contribution in [1.82, 2.24) is 0 Å². The molecule has 0 aromatic carbocycles. The number of hydrogen-bond acceptors (Lipinski definition) is 1. The summed E-state index contributed by atoms with van der Waals surface area (Å²) in [5, 5.41) is 1.52. The van der Waals surface area contributed by atoms with Gasteiger partial charge in [-0.05, 0) is 49.2 Å². The van der Waals surface area contributed by atoms with E-state index in [4.69, 9.17) is 0 Å². The average molecular weight is 256 g/mol. The van der Waals surface area contributed by atoms with Crippen LogP contribution in [0.15, 0.2) is 47.1 Å². The molecular formula is C17H20S. The van der Waals surface area contributed by atoms with Gasteiger partial charge in [0.2, 0.25) is 0 Å². The van der Waals surface area contributed by atoms with Crippen molar-refractivity contribution in [3.8, 4) is 0 Å². The van der Waals surface area contributed by atoms with Crippen molar-refractivity contribution in [2.75, 3.05) is 0 Å². The van der Waals surface area contributed by atoms with Crippen LogP contribution in [-0.4, -0.2) is 10.5 Å². The fourth-order valence-electron chi connectivity index (χ4n) is 3.83. The number of hydrogen-bond donors (Lipinski definition) is 0. The summed E-state index contributed by atoms with van der Waals surface area (Å²) in [5.74, 6) is 0.915. The zero-order valence-electron chi connectivity index (χ0n) is 10.8. The van der Waals surface area contributed by atoms with Gasteiger partial charge in [0.15, 0.2) is 0 Å². The molecule has 1 saturated carbocycles. The number of thioether (sulfide) groups is 1. The van der Waals surface area contributed by atoms with E-state index in [0.29, 0.717) is 0 Å². The highest BCUT2D eigenvalue weighted by molar-refractivity contribution is 8.01. The van der Waals surface area contributed by atoms with E-state index in [1.54, 1.807) is 16.7 Å². The van der Waals surface area contributed by atoms with Crippen molar-refractivity contribution in [2.24, 2.45) is 5.92 Å². The molecule has 0 radical (unpaired) electrons. The Morgan fingerprint density at radius 2 is 2.06 bits per heavy atom. The minimum absolute atomic E-state index is 0.738. The minimum Gasteiger partial charge on any atom is -0.145 e. The smallest absolute Gasteiger partial charge is 0.0338 e. The normalized spacial score (nSPS) is 37.8. The minimum atomic E-state index is 0.738. The van der Waals surface area contributed by atoms with Crippen LogP contribution in [0.2, 0.25) is 0 Å². The molecule has 1 fully saturated rings.